The molecule has 1 heterocycles. The zero-order valence-electron chi connectivity index (χ0n) is 16.3. The van der Waals surface area contributed by atoms with Crippen LogP contribution in [0.2, 0.25) is 0 Å². The number of amides is 1. The summed E-state index contributed by atoms with van der Waals surface area (Å²) >= 11 is 1.05. The van der Waals surface area contributed by atoms with E-state index in [1.165, 1.54) is 18.2 Å². The van der Waals surface area contributed by atoms with Crippen molar-refractivity contribution in [2.24, 2.45) is 0 Å². The van der Waals surface area contributed by atoms with Crippen LogP contribution < -0.4 is 5.32 Å². The number of benzene rings is 2. The molecule has 2 N–H and O–H groups in total. The second-order valence-corrected chi connectivity index (χ2v) is 7.72. The lowest BCUT2D eigenvalue weighted by Crippen LogP contribution is -2.27. The van der Waals surface area contributed by atoms with E-state index < -0.39 is 29.0 Å². The van der Waals surface area contributed by atoms with Gasteiger partial charge in [0.15, 0.2) is 0 Å². The molecule has 5 nitrogen and oxygen atoms in total. The van der Waals surface area contributed by atoms with Crippen LogP contribution in [0.1, 0.15) is 32.6 Å². The first-order valence-corrected chi connectivity index (χ1v) is 10.2. The number of carbonyl (C=O) groups excluding carboxylic acids is 1. The third kappa shape index (κ3) is 5.69. The Bertz CT molecular complexity index is 1060. The number of aryl methyl sites for hydroxylation is 1. The molecule has 162 valence electrons. The molecule has 0 fully saturated rings. The highest BCUT2D eigenvalue weighted by Gasteiger charge is 2.30. The van der Waals surface area contributed by atoms with E-state index in [9.17, 15) is 22.8 Å². The monoisotopic (exact) mass is 449 g/mol. The predicted molar refractivity (Wildman–Crippen MR) is 111 cm³/mol. The van der Waals surface area contributed by atoms with Gasteiger partial charge < -0.3 is 14.8 Å². The standard InChI is InChI=1S/C22H18F3NO4S/c1-13-17(11-18(30-13)14-7-9-16(10-8-14)22(23,24)25)20(29)26-21(31-12-19(27)28)15-5-3-2-4-6-15/h2-11,21H,12H2,1H3,(H,26,29)(H,27,28). The molecule has 0 bridgehead atoms. The predicted octanol–water partition coefficient (Wildman–Crippen LogP) is 5.52. The van der Waals surface area contributed by atoms with Crippen molar-refractivity contribution >= 4 is 23.6 Å². The average Bonchev–Trinajstić information content (AvgIpc) is 3.12. The highest BCUT2D eigenvalue weighted by molar-refractivity contribution is 8.00. The van der Waals surface area contributed by atoms with Crippen molar-refractivity contribution in [1.82, 2.24) is 5.32 Å². The van der Waals surface area contributed by atoms with Crippen molar-refractivity contribution in [2.75, 3.05) is 5.75 Å². The Morgan fingerprint density at radius 3 is 2.32 bits per heavy atom. The number of thioether (sulfide) groups is 1. The average molecular weight is 449 g/mol. The van der Waals surface area contributed by atoms with Gasteiger partial charge in [0.1, 0.15) is 16.9 Å². The SMILES string of the molecule is Cc1oc(-c2ccc(C(F)(F)F)cc2)cc1C(=O)NC(SCC(=O)O)c1ccccc1. The molecule has 9 heteroatoms. The third-order valence-electron chi connectivity index (χ3n) is 4.40. The van der Waals surface area contributed by atoms with Crippen LogP contribution in [0.25, 0.3) is 11.3 Å². The molecule has 0 radical (unpaired) electrons. The number of carboxylic acid groups (broad SMARTS) is 1. The van der Waals surface area contributed by atoms with Crippen molar-refractivity contribution in [1.29, 1.82) is 0 Å². The Hall–Kier alpha value is -3.20. The molecule has 0 aliphatic rings. The number of carbonyl (C=O) groups is 2. The van der Waals surface area contributed by atoms with Gasteiger partial charge in [-0.05, 0) is 30.7 Å². The van der Waals surface area contributed by atoms with Crippen LogP contribution in [0.4, 0.5) is 13.2 Å². The molecule has 0 saturated heterocycles. The molecule has 31 heavy (non-hydrogen) atoms. The van der Waals surface area contributed by atoms with E-state index in [1.807, 2.05) is 0 Å². The van der Waals surface area contributed by atoms with Gasteiger partial charge in [0.25, 0.3) is 5.91 Å². The minimum Gasteiger partial charge on any atom is -0.481 e. The maximum atomic E-state index is 12.8. The van der Waals surface area contributed by atoms with Crippen molar-refractivity contribution in [3.05, 3.63) is 83.1 Å². The Kier molecular flexibility index (Phi) is 6.74. The highest BCUT2D eigenvalue weighted by Crippen LogP contribution is 2.33. The summed E-state index contributed by atoms with van der Waals surface area (Å²) in [5.74, 6) is -1.15. The summed E-state index contributed by atoms with van der Waals surface area (Å²) in [6.07, 6.45) is -4.44. The molecule has 0 spiro atoms. The number of nitrogens with one attached hydrogen (secondary N) is 1. The number of carboxylic acids is 1. The summed E-state index contributed by atoms with van der Waals surface area (Å²) in [7, 11) is 0. The maximum Gasteiger partial charge on any atom is 0.416 e. The fourth-order valence-corrected chi connectivity index (χ4v) is 3.72. The normalized spacial score (nSPS) is 12.4. The van der Waals surface area contributed by atoms with Gasteiger partial charge in [-0.25, -0.2) is 0 Å². The number of alkyl halides is 3. The van der Waals surface area contributed by atoms with Crippen LogP contribution in [-0.4, -0.2) is 22.7 Å². The van der Waals surface area contributed by atoms with Gasteiger partial charge in [-0.1, -0.05) is 42.5 Å². The van der Waals surface area contributed by atoms with Crippen molar-refractivity contribution in [3.8, 4) is 11.3 Å². The summed E-state index contributed by atoms with van der Waals surface area (Å²) in [4.78, 5) is 23.8. The Balaban J connectivity index is 1.81. The van der Waals surface area contributed by atoms with E-state index in [0.29, 0.717) is 11.3 Å². The molecule has 1 aromatic heterocycles. The second-order valence-electron chi connectivity index (χ2n) is 6.62. The molecule has 0 aliphatic carbocycles. The van der Waals surface area contributed by atoms with E-state index in [-0.39, 0.29) is 17.1 Å². The Labute approximate surface area is 180 Å². The number of furan rings is 1. The van der Waals surface area contributed by atoms with E-state index in [2.05, 4.69) is 5.32 Å². The van der Waals surface area contributed by atoms with Crippen LogP contribution >= 0.6 is 11.8 Å². The number of hydrogen-bond donors (Lipinski definition) is 2. The van der Waals surface area contributed by atoms with Crippen LogP contribution in [0.5, 0.6) is 0 Å². The molecule has 3 rings (SSSR count). The largest absolute Gasteiger partial charge is 0.481 e. The first-order chi connectivity index (χ1) is 14.6. The quantitative estimate of drug-likeness (QED) is 0.465. The van der Waals surface area contributed by atoms with E-state index in [4.69, 9.17) is 9.52 Å². The smallest absolute Gasteiger partial charge is 0.416 e. The Morgan fingerprint density at radius 2 is 1.74 bits per heavy atom. The van der Waals surface area contributed by atoms with Gasteiger partial charge >= 0.3 is 12.1 Å². The fourth-order valence-electron chi connectivity index (χ4n) is 2.87. The van der Waals surface area contributed by atoms with Crippen molar-refractivity contribution in [3.63, 3.8) is 0 Å². The van der Waals surface area contributed by atoms with E-state index >= 15 is 0 Å². The van der Waals surface area contributed by atoms with Gasteiger partial charge in [-0.3, -0.25) is 9.59 Å². The van der Waals surface area contributed by atoms with Gasteiger partial charge in [-0.15, -0.1) is 11.8 Å². The van der Waals surface area contributed by atoms with E-state index in [1.54, 1.807) is 37.3 Å². The molecule has 3 aromatic rings. The zero-order chi connectivity index (χ0) is 22.6. The summed E-state index contributed by atoms with van der Waals surface area (Å²) in [5.41, 5.74) is 0.562. The van der Waals surface area contributed by atoms with Crippen LogP contribution in [-0.2, 0) is 11.0 Å². The lowest BCUT2D eigenvalue weighted by molar-refractivity contribution is -0.137. The van der Waals surface area contributed by atoms with Gasteiger partial charge in [-0.2, -0.15) is 13.2 Å². The maximum absolute atomic E-state index is 12.8. The van der Waals surface area contributed by atoms with Crippen LogP contribution in [0.15, 0.2) is 65.1 Å². The van der Waals surface area contributed by atoms with Crippen LogP contribution in [0, 0.1) is 6.92 Å². The molecular weight excluding hydrogens is 431 g/mol. The van der Waals surface area contributed by atoms with Crippen molar-refractivity contribution < 1.29 is 32.3 Å². The zero-order valence-corrected chi connectivity index (χ0v) is 17.1. The Morgan fingerprint density at radius 1 is 1.10 bits per heavy atom. The number of halogens is 3. The molecule has 0 saturated carbocycles. The second kappa shape index (κ2) is 9.30. The fraction of sp³-hybridized carbons (Fsp3) is 0.182. The minimum absolute atomic E-state index is 0.207. The van der Waals surface area contributed by atoms with Crippen molar-refractivity contribution in [2.45, 2.75) is 18.5 Å². The highest BCUT2D eigenvalue weighted by atomic mass is 32.2. The van der Waals surface area contributed by atoms with Gasteiger partial charge in [0.2, 0.25) is 0 Å². The van der Waals surface area contributed by atoms with Gasteiger partial charge in [0.05, 0.1) is 16.9 Å². The molecular formula is C22H18F3NO4S. The molecule has 0 aliphatic heterocycles. The summed E-state index contributed by atoms with van der Waals surface area (Å²) < 4.78 is 43.9. The lowest BCUT2D eigenvalue weighted by Gasteiger charge is -2.17. The lowest BCUT2D eigenvalue weighted by atomic mass is 10.1. The topological polar surface area (TPSA) is 79.5 Å². The minimum atomic E-state index is -4.44. The number of aliphatic carboxylic acids is 1. The first-order valence-electron chi connectivity index (χ1n) is 9.12. The molecule has 1 unspecified atom stereocenters. The number of rotatable bonds is 7. The number of hydrogen-bond acceptors (Lipinski definition) is 4. The van der Waals surface area contributed by atoms with Gasteiger partial charge in [0, 0.05) is 5.56 Å². The molecule has 1 atom stereocenters. The summed E-state index contributed by atoms with van der Waals surface area (Å²) in [6.45, 7) is 1.57. The third-order valence-corrected chi connectivity index (χ3v) is 5.53. The van der Waals surface area contributed by atoms with Crippen LogP contribution in [0.3, 0.4) is 0 Å². The molecule has 1 amide bonds. The summed E-state index contributed by atoms with van der Waals surface area (Å²) in [6, 6.07) is 14.8. The van der Waals surface area contributed by atoms with E-state index in [0.717, 1.165) is 29.5 Å². The first kappa shape index (κ1) is 22.5. The molecule has 2 aromatic carbocycles. The summed E-state index contributed by atoms with van der Waals surface area (Å²) in [5, 5.41) is 11.2.